The number of ether oxygens (including phenoxy) is 1. The number of nitrogens with one attached hydrogen (secondary N) is 1. The molecule has 4 aliphatic rings. The smallest absolute Gasteiger partial charge is 0.0557 e. The first kappa shape index (κ1) is 10.7. The average Bonchev–Trinajstić information content (AvgIpc) is 2.56. The van der Waals surface area contributed by atoms with Gasteiger partial charge in [0, 0.05) is 43.2 Å². The maximum absolute atomic E-state index is 5.38. The molecule has 0 aromatic heterocycles. The van der Waals surface area contributed by atoms with Crippen molar-refractivity contribution in [2.75, 3.05) is 53.0 Å². The maximum Gasteiger partial charge on any atom is 0.0557 e. The number of likely N-dealkylation sites (N-methyl/N-ethyl adjacent to an activating group) is 1. The largest absolute Gasteiger partial charge is 0.380 e. The molecule has 4 fully saturated rings. The molecule has 0 radical (unpaired) electrons. The van der Waals surface area contributed by atoms with E-state index in [2.05, 4.69) is 22.2 Å². The van der Waals surface area contributed by atoms with Crippen molar-refractivity contribution in [1.29, 1.82) is 0 Å². The molecule has 4 saturated heterocycles. The minimum atomic E-state index is 0.510. The van der Waals surface area contributed by atoms with Gasteiger partial charge in [-0.15, -0.1) is 0 Å². The van der Waals surface area contributed by atoms with Crippen LogP contribution in [0.5, 0.6) is 0 Å². The Morgan fingerprint density at radius 1 is 1.29 bits per heavy atom. The van der Waals surface area contributed by atoms with E-state index in [-0.39, 0.29) is 0 Å². The number of hydrogen-bond donors (Lipinski definition) is 1. The van der Waals surface area contributed by atoms with Crippen LogP contribution in [0, 0.1) is 5.41 Å². The first-order valence-electron chi connectivity index (χ1n) is 6.94. The zero-order valence-corrected chi connectivity index (χ0v) is 10.7. The second kappa shape index (κ2) is 3.44. The van der Waals surface area contributed by atoms with E-state index in [0.29, 0.717) is 11.0 Å². The number of hydrogen-bond acceptors (Lipinski definition) is 4. The highest BCUT2D eigenvalue weighted by Gasteiger charge is 2.52. The third-order valence-corrected chi connectivity index (χ3v) is 5.11. The van der Waals surface area contributed by atoms with Crippen molar-refractivity contribution in [3.8, 4) is 0 Å². The summed E-state index contributed by atoms with van der Waals surface area (Å²) in [6.07, 6.45) is 2.74. The van der Waals surface area contributed by atoms with Crippen molar-refractivity contribution in [2.24, 2.45) is 5.41 Å². The SMILES string of the molecule is CN1CC2(CC(CN3CCC4(COC4)C3)N2)C1. The molecular weight excluding hydrogens is 214 g/mol. The molecule has 1 atom stereocenters. The Balaban J connectivity index is 1.25. The molecule has 1 N–H and O–H groups in total. The van der Waals surface area contributed by atoms with Crippen LogP contribution in [0.2, 0.25) is 0 Å². The van der Waals surface area contributed by atoms with Crippen molar-refractivity contribution in [2.45, 2.75) is 24.4 Å². The summed E-state index contributed by atoms with van der Waals surface area (Å²) in [5.74, 6) is 0. The predicted molar refractivity (Wildman–Crippen MR) is 66.1 cm³/mol. The topological polar surface area (TPSA) is 27.7 Å². The Hall–Kier alpha value is -0.160. The molecule has 1 unspecified atom stereocenters. The van der Waals surface area contributed by atoms with E-state index in [1.54, 1.807) is 0 Å². The Morgan fingerprint density at radius 3 is 2.59 bits per heavy atom. The van der Waals surface area contributed by atoms with Crippen LogP contribution in [0.3, 0.4) is 0 Å². The quantitative estimate of drug-likeness (QED) is 0.717. The Morgan fingerprint density at radius 2 is 2.06 bits per heavy atom. The van der Waals surface area contributed by atoms with Gasteiger partial charge in [-0.05, 0) is 26.4 Å². The maximum atomic E-state index is 5.38. The second-order valence-corrected chi connectivity index (χ2v) is 6.98. The molecule has 0 amide bonds. The summed E-state index contributed by atoms with van der Waals surface area (Å²) >= 11 is 0. The van der Waals surface area contributed by atoms with E-state index in [0.717, 1.165) is 19.3 Å². The fourth-order valence-electron chi connectivity index (χ4n) is 4.32. The molecule has 4 heterocycles. The molecule has 4 aliphatic heterocycles. The van der Waals surface area contributed by atoms with E-state index in [9.17, 15) is 0 Å². The zero-order chi connectivity index (χ0) is 11.5. The van der Waals surface area contributed by atoms with Gasteiger partial charge in [0.1, 0.15) is 0 Å². The summed E-state index contributed by atoms with van der Waals surface area (Å²) in [6, 6.07) is 0.750. The van der Waals surface area contributed by atoms with Crippen LogP contribution in [0.1, 0.15) is 12.8 Å². The number of rotatable bonds is 2. The minimum absolute atomic E-state index is 0.510. The van der Waals surface area contributed by atoms with Crippen molar-refractivity contribution in [3.05, 3.63) is 0 Å². The summed E-state index contributed by atoms with van der Waals surface area (Å²) in [6.45, 7) is 8.34. The zero-order valence-electron chi connectivity index (χ0n) is 10.7. The van der Waals surface area contributed by atoms with Crippen LogP contribution in [0.15, 0.2) is 0 Å². The first-order valence-corrected chi connectivity index (χ1v) is 6.94. The highest BCUT2D eigenvalue weighted by molar-refractivity contribution is 5.13. The average molecular weight is 237 g/mol. The third-order valence-electron chi connectivity index (χ3n) is 5.11. The van der Waals surface area contributed by atoms with Crippen molar-refractivity contribution in [1.82, 2.24) is 15.1 Å². The molecule has 0 saturated carbocycles. The second-order valence-electron chi connectivity index (χ2n) is 6.98. The number of likely N-dealkylation sites (tertiary alicyclic amines) is 2. The van der Waals surface area contributed by atoms with Gasteiger partial charge in [-0.3, -0.25) is 0 Å². The summed E-state index contributed by atoms with van der Waals surface area (Å²) in [5.41, 5.74) is 1.06. The third kappa shape index (κ3) is 1.65. The Kier molecular flexibility index (Phi) is 2.17. The van der Waals surface area contributed by atoms with Crippen molar-refractivity contribution in [3.63, 3.8) is 0 Å². The monoisotopic (exact) mass is 237 g/mol. The van der Waals surface area contributed by atoms with Gasteiger partial charge in [0.25, 0.3) is 0 Å². The van der Waals surface area contributed by atoms with E-state index in [1.807, 2.05) is 0 Å². The fraction of sp³-hybridized carbons (Fsp3) is 1.00. The van der Waals surface area contributed by atoms with Gasteiger partial charge in [-0.25, -0.2) is 0 Å². The van der Waals surface area contributed by atoms with Crippen molar-refractivity contribution < 1.29 is 4.74 Å². The lowest BCUT2D eigenvalue weighted by Crippen LogP contribution is -2.79. The minimum Gasteiger partial charge on any atom is -0.380 e. The molecule has 4 rings (SSSR count). The lowest BCUT2D eigenvalue weighted by Gasteiger charge is -2.59. The Labute approximate surface area is 103 Å². The highest BCUT2D eigenvalue weighted by Crippen LogP contribution is 2.39. The molecular formula is C13H23N3O. The van der Waals surface area contributed by atoms with Crippen LogP contribution >= 0.6 is 0 Å². The summed E-state index contributed by atoms with van der Waals surface area (Å²) in [7, 11) is 2.21. The van der Waals surface area contributed by atoms with Gasteiger partial charge < -0.3 is 19.9 Å². The molecule has 4 heteroatoms. The van der Waals surface area contributed by atoms with Gasteiger partial charge in [0.05, 0.1) is 13.2 Å². The first-order chi connectivity index (χ1) is 8.17. The fourth-order valence-corrected chi connectivity index (χ4v) is 4.32. The van der Waals surface area contributed by atoms with E-state index in [1.165, 1.54) is 45.6 Å². The molecule has 17 heavy (non-hydrogen) atoms. The summed E-state index contributed by atoms with van der Waals surface area (Å²) in [4.78, 5) is 5.05. The number of nitrogens with zero attached hydrogens (tertiary/aromatic N) is 2. The van der Waals surface area contributed by atoms with Crippen molar-refractivity contribution >= 4 is 0 Å². The van der Waals surface area contributed by atoms with Gasteiger partial charge in [0.15, 0.2) is 0 Å². The predicted octanol–water partition coefficient (Wildman–Crippen LogP) is -0.245. The van der Waals surface area contributed by atoms with Crippen LogP contribution < -0.4 is 5.32 Å². The van der Waals surface area contributed by atoms with Crippen LogP contribution in [-0.2, 0) is 4.74 Å². The van der Waals surface area contributed by atoms with E-state index >= 15 is 0 Å². The van der Waals surface area contributed by atoms with Crippen LogP contribution in [0.25, 0.3) is 0 Å². The highest BCUT2D eigenvalue weighted by atomic mass is 16.5. The van der Waals surface area contributed by atoms with Crippen LogP contribution in [-0.4, -0.2) is 74.4 Å². The van der Waals surface area contributed by atoms with Crippen LogP contribution in [0.4, 0.5) is 0 Å². The summed E-state index contributed by atoms with van der Waals surface area (Å²) < 4.78 is 5.38. The van der Waals surface area contributed by atoms with Gasteiger partial charge in [-0.1, -0.05) is 0 Å². The molecule has 0 aromatic carbocycles. The molecule has 96 valence electrons. The summed E-state index contributed by atoms with van der Waals surface area (Å²) in [5, 5.41) is 3.80. The lowest BCUT2D eigenvalue weighted by molar-refractivity contribution is -0.106. The standard InChI is InChI=1S/C13H23N3O/c1-15-7-13(8-15)4-11(14-13)5-16-3-2-12(6-16)9-17-10-12/h11,14H,2-10H2,1H3. The van der Waals surface area contributed by atoms with Gasteiger partial charge in [-0.2, -0.15) is 0 Å². The van der Waals surface area contributed by atoms with E-state index < -0.39 is 0 Å². The molecule has 4 nitrogen and oxygen atoms in total. The lowest BCUT2D eigenvalue weighted by atomic mass is 9.75. The van der Waals surface area contributed by atoms with Gasteiger partial charge in [0.2, 0.25) is 0 Å². The molecule has 0 aliphatic carbocycles. The molecule has 2 spiro atoms. The molecule has 0 aromatic rings. The van der Waals surface area contributed by atoms with Gasteiger partial charge >= 0.3 is 0 Å². The normalized spacial score (nSPS) is 39.0. The Bertz CT molecular complexity index is 315. The molecule has 0 bridgehead atoms. The van der Waals surface area contributed by atoms with E-state index in [4.69, 9.17) is 4.74 Å².